The Hall–Kier alpha value is -1.80. The van der Waals surface area contributed by atoms with Crippen molar-refractivity contribution in [2.24, 2.45) is 0 Å². The lowest BCUT2D eigenvalue weighted by Gasteiger charge is -2.35. The summed E-state index contributed by atoms with van der Waals surface area (Å²) in [5, 5.41) is 4.43. The molecule has 0 bridgehead atoms. The third kappa shape index (κ3) is 4.55. The minimum absolute atomic E-state index is 0.0928. The number of hydrogen-bond donors (Lipinski definition) is 0. The lowest BCUT2D eigenvalue weighted by atomic mass is 10.1. The fraction of sp³-hybridized carbons (Fsp3) is 0.474. The van der Waals surface area contributed by atoms with Gasteiger partial charge in [0.05, 0.1) is 16.7 Å². The van der Waals surface area contributed by atoms with Gasteiger partial charge >= 0.3 is 0 Å². The second kappa shape index (κ2) is 8.48. The zero-order valence-electron chi connectivity index (χ0n) is 15.5. The molecule has 1 amide bonds. The summed E-state index contributed by atoms with van der Waals surface area (Å²) in [6.45, 7) is 7.28. The third-order valence-corrected chi connectivity index (χ3v) is 6.13. The van der Waals surface area contributed by atoms with Gasteiger partial charge in [-0.2, -0.15) is 5.10 Å². The van der Waals surface area contributed by atoms with Crippen molar-refractivity contribution in [2.75, 3.05) is 26.2 Å². The Morgan fingerprint density at radius 1 is 1.19 bits per heavy atom. The van der Waals surface area contributed by atoms with E-state index < -0.39 is 11.6 Å². The van der Waals surface area contributed by atoms with E-state index in [1.807, 2.05) is 28.3 Å². The topological polar surface area (TPSA) is 41.4 Å². The molecule has 2 heterocycles. The molecule has 3 rings (SSSR count). The number of piperazine rings is 1. The van der Waals surface area contributed by atoms with E-state index in [-0.39, 0.29) is 5.91 Å². The highest BCUT2D eigenvalue weighted by molar-refractivity contribution is 9.10. The van der Waals surface area contributed by atoms with Crippen LogP contribution in [-0.4, -0.2) is 51.7 Å². The zero-order valence-corrected chi connectivity index (χ0v) is 17.1. The van der Waals surface area contributed by atoms with Crippen LogP contribution in [0.1, 0.15) is 23.4 Å². The Morgan fingerprint density at radius 3 is 2.52 bits per heavy atom. The van der Waals surface area contributed by atoms with E-state index in [9.17, 15) is 13.6 Å². The Balaban J connectivity index is 1.49. The highest BCUT2D eigenvalue weighted by Crippen LogP contribution is 2.20. The summed E-state index contributed by atoms with van der Waals surface area (Å²) in [6, 6.07) is 4.24. The van der Waals surface area contributed by atoms with Gasteiger partial charge in [-0.1, -0.05) is 12.1 Å². The van der Waals surface area contributed by atoms with Crippen LogP contribution < -0.4 is 0 Å². The van der Waals surface area contributed by atoms with Crippen LogP contribution in [0.5, 0.6) is 0 Å². The van der Waals surface area contributed by atoms with Crippen molar-refractivity contribution in [3.8, 4) is 0 Å². The summed E-state index contributed by atoms with van der Waals surface area (Å²) in [4.78, 5) is 16.4. The number of aryl methyl sites for hydroxylation is 2. The van der Waals surface area contributed by atoms with Gasteiger partial charge in [0.2, 0.25) is 5.91 Å². The van der Waals surface area contributed by atoms with E-state index in [4.69, 9.17) is 0 Å². The van der Waals surface area contributed by atoms with Crippen LogP contribution in [0.4, 0.5) is 8.78 Å². The normalized spacial score (nSPS) is 15.4. The average molecular weight is 441 g/mol. The molecule has 2 aromatic rings. The highest BCUT2D eigenvalue weighted by atomic mass is 79.9. The molecular weight excluding hydrogens is 418 g/mol. The Morgan fingerprint density at radius 2 is 1.89 bits per heavy atom. The largest absolute Gasteiger partial charge is 0.340 e. The van der Waals surface area contributed by atoms with Crippen molar-refractivity contribution < 1.29 is 13.6 Å². The Bertz CT molecular complexity index is 831. The van der Waals surface area contributed by atoms with Crippen LogP contribution in [-0.2, 0) is 17.9 Å². The molecule has 0 spiro atoms. The minimum atomic E-state index is -0.822. The molecule has 146 valence electrons. The maximum Gasteiger partial charge on any atom is 0.224 e. The Kier molecular flexibility index (Phi) is 6.26. The van der Waals surface area contributed by atoms with Gasteiger partial charge in [0.1, 0.15) is 0 Å². The molecular formula is C19H23BrF2N4O. The van der Waals surface area contributed by atoms with Crippen molar-refractivity contribution in [3.05, 3.63) is 51.3 Å². The molecule has 0 aliphatic carbocycles. The van der Waals surface area contributed by atoms with Crippen molar-refractivity contribution >= 4 is 21.8 Å². The standard InChI is InChI=1S/C19H23BrF2N4O/c1-13-18(20)14(2)26(23-13)7-6-17(27)25-10-8-24(9-11-25)12-15-4-3-5-16(21)19(15)22/h3-5H,6-12H2,1-2H3. The molecule has 0 atom stereocenters. The predicted molar refractivity (Wildman–Crippen MR) is 102 cm³/mol. The second-order valence-electron chi connectivity index (χ2n) is 6.83. The number of rotatable bonds is 5. The SMILES string of the molecule is Cc1nn(CCC(=O)N2CCN(Cc3cccc(F)c3F)CC2)c(C)c1Br. The van der Waals surface area contributed by atoms with Crippen molar-refractivity contribution in [3.63, 3.8) is 0 Å². The van der Waals surface area contributed by atoms with Crippen LogP contribution in [0, 0.1) is 25.5 Å². The molecule has 0 unspecified atom stereocenters. The number of amides is 1. The van der Waals surface area contributed by atoms with Gasteiger partial charge in [-0.15, -0.1) is 0 Å². The smallest absolute Gasteiger partial charge is 0.224 e. The zero-order chi connectivity index (χ0) is 19.6. The molecule has 1 aromatic heterocycles. The van der Waals surface area contributed by atoms with Gasteiger partial charge in [0.25, 0.3) is 0 Å². The third-order valence-electron chi connectivity index (χ3n) is 4.98. The van der Waals surface area contributed by atoms with E-state index in [1.54, 1.807) is 6.07 Å². The molecule has 1 aromatic carbocycles. The fourth-order valence-corrected chi connectivity index (χ4v) is 3.60. The van der Waals surface area contributed by atoms with Crippen molar-refractivity contribution in [1.82, 2.24) is 19.6 Å². The number of aromatic nitrogens is 2. The van der Waals surface area contributed by atoms with Crippen LogP contribution in [0.25, 0.3) is 0 Å². The van der Waals surface area contributed by atoms with E-state index in [1.165, 1.54) is 6.07 Å². The quantitative estimate of drug-likeness (QED) is 0.716. The summed E-state index contributed by atoms with van der Waals surface area (Å²) >= 11 is 3.49. The summed E-state index contributed by atoms with van der Waals surface area (Å²) in [6.07, 6.45) is 0.396. The average Bonchev–Trinajstić information content (AvgIpc) is 2.91. The first-order valence-electron chi connectivity index (χ1n) is 8.99. The molecule has 8 heteroatoms. The van der Waals surface area contributed by atoms with E-state index >= 15 is 0 Å². The van der Waals surface area contributed by atoms with Gasteiger partial charge in [-0.05, 0) is 35.8 Å². The van der Waals surface area contributed by atoms with Gasteiger partial charge in [-0.25, -0.2) is 8.78 Å². The van der Waals surface area contributed by atoms with Gasteiger partial charge < -0.3 is 4.90 Å². The van der Waals surface area contributed by atoms with Crippen molar-refractivity contribution in [1.29, 1.82) is 0 Å². The minimum Gasteiger partial charge on any atom is -0.340 e. The van der Waals surface area contributed by atoms with Crippen LogP contribution in [0.2, 0.25) is 0 Å². The highest BCUT2D eigenvalue weighted by Gasteiger charge is 2.22. The van der Waals surface area contributed by atoms with Gasteiger partial charge in [0, 0.05) is 50.4 Å². The molecule has 0 saturated carbocycles. The number of nitrogens with zero attached hydrogens (tertiary/aromatic N) is 4. The predicted octanol–water partition coefficient (Wildman–Crippen LogP) is 3.28. The lowest BCUT2D eigenvalue weighted by Crippen LogP contribution is -2.48. The molecule has 1 aliphatic rings. The summed E-state index contributed by atoms with van der Waals surface area (Å²) in [5.74, 6) is -1.51. The molecule has 0 radical (unpaired) electrons. The number of carbonyl (C=O) groups is 1. The Labute approximate surface area is 166 Å². The number of hydrogen-bond acceptors (Lipinski definition) is 3. The summed E-state index contributed by atoms with van der Waals surface area (Å²) < 4.78 is 30.0. The van der Waals surface area contributed by atoms with E-state index in [2.05, 4.69) is 21.0 Å². The van der Waals surface area contributed by atoms with Gasteiger partial charge in [-0.3, -0.25) is 14.4 Å². The van der Waals surface area contributed by atoms with Crippen molar-refractivity contribution in [2.45, 2.75) is 33.4 Å². The molecule has 1 saturated heterocycles. The molecule has 0 N–H and O–H groups in total. The molecule has 5 nitrogen and oxygen atoms in total. The lowest BCUT2D eigenvalue weighted by molar-refractivity contribution is -0.133. The number of carbonyl (C=O) groups excluding carboxylic acids is 1. The number of benzene rings is 1. The molecule has 1 aliphatic heterocycles. The summed E-state index contributed by atoms with van der Waals surface area (Å²) in [5.41, 5.74) is 2.28. The molecule has 27 heavy (non-hydrogen) atoms. The van der Waals surface area contributed by atoms with Crippen LogP contribution >= 0.6 is 15.9 Å². The number of halogens is 3. The summed E-state index contributed by atoms with van der Waals surface area (Å²) in [7, 11) is 0. The second-order valence-corrected chi connectivity index (χ2v) is 7.62. The van der Waals surface area contributed by atoms with Gasteiger partial charge in [0.15, 0.2) is 11.6 Å². The first-order valence-corrected chi connectivity index (χ1v) is 9.78. The first kappa shape index (κ1) is 19.9. The maximum absolute atomic E-state index is 13.8. The van der Waals surface area contributed by atoms with Crippen LogP contribution in [0.3, 0.4) is 0 Å². The van der Waals surface area contributed by atoms with E-state index in [0.717, 1.165) is 21.9 Å². The maximum atomic E-state index is 13.8. The van der Waals surface area contributed by atoms with E-state index in [0.29, 0.717) is 51.3 Å². The first-order chi connectivity index (χ1) is 12.9. The monoisotopic (exact) mass is 440 g/mol. The van der Waals surface area contributed by atoms with Crippen LogP contribution in [0.15, 0.2) is 22.7 Å². The fourth-order valence-electron chi connectivity index (χ4n) is 3.32. The molecule has 1 fully saturated rings.